The number of carbonyl (C=O) groups excluding carboxylic acids is 1. The summed E-state index contributed by atoms with van der Waals surface area (Å²) < 4.78 is 29.4. The molecule has 0 atom stereocenters. The zero-order valence-corrected chi connectivity index (χ0v) is 7.67. The van der Waals surface area contributed by atoms with Gasteiger partial charge in [0, 0.05) is 6.08 Å². The van der Waals surface area contributed by atoms with Gasteiger partial charge >= 0.3 is 5.97 Å². The van der Waals surface area contributed by atoms with Crippen LogP contribution in [0.4, 0.5) is 0 Å². The Kier molecular flexibility index (Phi) is 2.37. The van der Waals surface area contributed by atoms with Crippen LogP contribution in [0.5, 0.6) is 0 Å². The fraction of sp³-hybridized carbons (Fsp3) is 0.333. The Morgan fingerprint density at radius 3 is 2.69 bits per heavy atom. The molecule has 1 heterocycles. The number of esters is 1. The standard InChI is InChI=1S/C6H8N2O4S/c1-2-12-6(9)4-3-5(7)13(10,11)8-4/h3H,2,7H2,1H3. The summed E-state index contributed by atoms with van der Waals surface area (Å²) in [5.41, 5.74) is 4.81. The van der Waals surface area contributed by atoms with E-state index >= 15 is 0 Å². The summed E-state index contributed by atoms with van der Waals surface area (Å²) in [5, 5.41) is -0.435. The van der Waals surface area contributed by atoms with E-state index in [1.807, 2.05) is 0 Å². The van der Waals surface area contributed by atoms with Crippen LogP contribution in [-0.4, -0.2) is 26.7 Å². The molecule has 0 fully saturated rings. The molecule has 0 aromatic carbocycles. The van der Waals surface area contributed by atoms with Crippen LogP contribution in [0.15, 0.2) is 15.5 Å². The first-order valence-corrected chi connectivity index (χ1v) is 4.90. The first kappa shape index (κ1) is 9.72. The second kappa shape index (κ2) is 3.17. The highest BCUT2D eigenvalue weighted by Gasteiger charge is 2.26. The van der Waals surface area contributed by atoms with Crippen molar-refractivity contribution in [3.8, 4) is 0 Å². The van der Waals surface area contributed by atoms with E-state index in [1.165, 1.54) is 0 Å². The molecule has 1 aliphatic heterocycles. The Morgan fingerprint density at radius 1 is 1.69 bits per heavy atom. The SMILES string of the molecule is CCOC(=O)C1=NS(=O)(=O)C(N)=C1. The van der Waals surface area contributed by atoms with Gasteiger partial charge < -0.3 is 10.5 Å². The molecule has 13 heavy (non-hydrogen) atoms. The van der Waals surface area contributed by atoms with E-state index in [1.54, 1.807) is 6.92 Å². The molecule has 1 rings (SSSR count). The van der Waals surface area contributed by atoms with Crippen LogP contribution in [0.3, 0.4) is 0 Å². The molecule has 0 amide bonds. The highest BCUT2D eigenvalue weighted by molar-refractivity contribution is 7.94. The van der Waals surface area contributed by atoms with Crippen molar-refractivity contribution < 1.29 is 17.9 Å². The fourth-order valence-corrected chi connectivity index (χ4v) is 1.47. The summed E-state index contributed by atoms with van der Waals surface area (Å²) in [7, 11) is -3.81. The lowest BCUT2D eigenvalue weighted by atomic mass is 10.4. The van der Waals surface area contributed by atoms with Crippen LogP contribution in [0.25, 0.3) is 0 Å². The average molecular weight is 204 g/mol. The second-order valence-corrected chi connectivity index (χ2v) is 3.82. The first-order valence-electron chi connectivity index (χ1n) is 3.46. The lowest BCUT2D eigenvalue weighted by Crippen LogP contribution is -2.14. The molecule has 2 N–H and O–H groups in total. The Morgan fingerprint density at radius 2 is 2.31 bits per heavy atom. The number of sulfonamides is 1. The van der Waals surface area contributed by atoms with Gasteiger partial charge in [0.1, 0.15) is 0 Å². The molecule has 0 bridgehead atoms. The first-order chi connectivity index (χ1) is 5.97. The minimum atomic E-state index is -3.81. The van der Waals surface area contributed by atoms with E-state index < -0.39 is 21.0 Å². The molecule has 6 nitrogen and oxygen atoms in total. The van der Waals surface area contributed by atoms with Crippen LogP contribution in [0.1, 0.15) is 6.92 Å². The van der Waals surface area contributed by atoms with Gasteiger partial charge in [0.2, 0.25) is 0 Å². The molecule has 0 radical (unpaired) electrons. The Hall–Kier alpha value is -1.37. The molecule has 0 aromatic rings. The number of ether oxygens (including phenoxy) is 1. The van der Waals surface area contributed by atoms with Crippen molar-refractivity contribution in [2.75, 3.05) is 6.61 Å². The Labute approximate surface area is 75.1 Å². The van der Waals surface area contributed by atoms with Crippen LogP contribution in [0.2, 0.25) is 0 Å². The van der Waals surface area contributed by atoms with Crippen LogP contribution in [-0.2, 0) is 19.6 Å². The van der Waals surface area contributed by atoms with Gasteiger partial charge in [-0.2, -0.15) is 12.8 Å². The summed E-state index contributed by atoms with van der Waals surface area (Å²) >= 11 is 0. The van der Waals surface area contributed by atoms with Crippen molar-refractivity contribution in [2.45, 2.75) is 6.92 Å². The van der Waals surface area contributed by atoms with E-state index in [9.17, 15) is 13.2 Å². The van der Waals surface area contributed by atoms with E-state index in [-0.39, 0.29) is 12.3 Å². The molecule has 0 saturated carbocycles. The van der Waals surface area contributed by atoms with Crippen molar-refractivity contribution in [3.05, 3.63) is 11.1 Å². The summed E-state index contributed by atoms with van der Waals surface area (Å²) in [6.07, 6.45) is 0.979. The zero-order valence-electron chi connectivity index (χ0n) is 6.85. The summed E-state index contributed by atoms with van der Waals surface area (Å²) in [5.74, 6) is -0.786. The summed E-state index contributed by atoms with van der Waals surface area (Å²) in [4.78, 5) is 11.0. The van der Waals surface area contributed by atoms with E-state index in [4.69, 9.17) is 5.73 Å². The molecule has 0 aliphatic carbocycles. The van der Waals surface area contributed by atoms with Gasteiger partial charge in [0.15, 0.2) is 10.7 Å². The number of hydrogen-bond acceptors (Lipinski definition) is 5. The van der Waals surface area contributed by atoms with E-state index in [0.717, 1.165) is 6.08 Å². The van der Waals surface area contributed by atoms with Crippen LogP contribution >= 0.6 is 0 Å². The van der Waals surface area contributed by atoms with Gasteiger partial charge in [-0.05, 0) is 6.92 Å². The maximum Gasteiger partial charge on any atom is 0.357 e. The number of rotatable bonds is 2. The predicted octanol–water partition coefficient (Wildman–Crippen LogP) is -0.866. The molecule has 72 valence electrons. The molecule has 1 aliphatic rings. The third kappa shape index (κ3) is 1.86. The number of nitrogens with two attached hydrogens (primary N) is 1. The third-order valence-corrected chi connectivity index (χ3v) is 2.43. The van der Waals surface area contributed by atoms with Gasteiger partial charge in [-0.25, -0.2) is 4.79 Å². The highest BCUT2D eigenvalue weighted by atomic mass is 32.2. The van der Waals surface area contributed by atoms with Crippen molar-refractivity contribution in [1.82, 2.24) is 0 Å². The largest absolute Gasteiger partial charge is 0.461 e. The van der Waals surface area contributed by atoms with Crippen molar-refractivity contribution in [1.29, 1.82) is 0 Å². The maximum absolute atomic E-state index is 11.0. The lowest BCUT2D eigenvalue weighted by Gasteiger charge is -1.96. The number of hydrogen-bond donors (Lipinski definition) is 1. The van der Waals surface area contributed by atoms with Crippen molar-refractivity contribution in [2.24, 2.45) is 10.1 Å². The topological polar surface area (TPSA) is 98.8 Å². The molecule has 0 saturated heterocycles. The summed E-state index contributed by atoms with van der Waals surface area (Å²) in [6.45, 7) is 1.76. The van der Waals surface area contributed by atoms with Crippen molar-refractivity contribution >= 4 is 21.7 Å². The molecule has 0 spiro atoms. The van der Waals surface area contributed by atoms with Gasteiger partial charge in [0.25, 0.3) is 10.0 Å². The third-order valence-electron chi connectivity index (χ3n) is 1.28. The van der Waals surface area contributed by atoms with E-state index in [0.29, 0.717) is 0 Å². The zero-order chi connectivity index (χ0) is 10.1. The maximum atomic E-state index is 11.0. The van der Waals surface area contributed by atoms with Gasteiger partial charge in [0.05, 0.1) is 6.61 Å². The second-order valence-electron chi connectivity index (χ2n) is 2.22. The predicted molar refractivity (Wildman–Crippen MR) is 45.3 cm³/mol. The highest BCUT2D eigenvalue weighted by Crippen LogP contribution is 2.11. The van der Waals surface area contributed by atoms with Crippen LogP contribution in [0, 0.1) is 0 Å². The fourth-order valence-electron chi connectivity index (χ4n) is 0.719. The number of nitrogens with zero attached hydrogens (tertiary/aromatic N) is 1. The van der Waals surface area contributed by atoms with Crippen LogP contribution < -0.4 is 5.73 Å². The quantitative estimate of drug-likeness (QED) is 0.590. The minimum absolute atomic E-state index is 0.158. The van der Waals surface area contributed by atoms with E-state index in [2.05, 4.69) is 9.13 Å². The van der Waals surface area contributed by atoms with Gasteiger partial charge in [-0.3, -0.25) is 0 Å². The lowest BCUT2D eigenvalue weighted by molar-refractivity contribution is -0.134. The molecule has 0 unspecified atom stereocenters. The molecule has 0 aromatic heterocycles. The Bertz CT molecular complexity index is 393. The van der Waals surface area contributed by atoms with Gasteiger partial charge in [-0.1, -0.05) is 0 Å². The molecular formula is C6H8N2O4S. The smallest absolute Gasteiger partial charge is 0.357 e. The van der Waals surface area contributed by atoms with Gasteiger partial charge in [-0.15, -0.1) is 0 Å². The van der Waals surface area contributed by atoms with Crippen molar-refractivity contribution in [3.63, 3.8) is 0 Å². The average Bonchev–Trinajstić information content (AvgIpc) is 2.27. The Balaban J connectivity index is 2.95. The normalized spacial score (nSPS) is 19.2. The minimum Gasteiger partial charge on any atom is -0.461 e. The monoisotopic (exact) mass is 204 g/mol. The number of carbonyl (C=O) groups is 1. The summed E-state index contributed by atoms with van der Waals surface area (Å²) in [6, 6.07) is 0. The molecule has 7 heteroatoms. The molecular weight excluding hydrogens is 196 g/mol.